The number of nitrogens with one attached hydrogen (secondary N) is 1. The van der Waals surface area contributed by atoms with Crippen LogP contribution in [0.3, 0.4) is 0 Å². The molecule has 0 bridgehead atoms. The van der Waals surface area contributed by atoms with Crippen molar-refractivity contribution < 1.29 is 27.4 Å². The summed E-state index contributed by atoms with van der Waals surface area (Å²) in [6.45, 7) is 7.21. The van der Waals surface area contributed by atoms with Gasteiger partial charge in [0.1, 0.15) is 22.6 Å². The van der Waals surface area contributed by atoms with E-state index in [1.807, 2.05) is 20.8 Å². The van der Waals surface area contributed by atoms with Gasteiger partial charge in [-0.05, 0) is 63.2 Å². The van der Waals surface area contributed by atoms with E-state index in [1.165, 1.54) is 27.4 Å². The standard InChI is InChI=1S/C27H34FN3O5S/c1-18(2)29-27(33)30(5)16-25-19(3)15-31(20(4)17-32)37(34,35)26-13-10-22(14-24(26)36-25)7-6-21-8-11-23(28)12-9-21/h8-14,18-20,25,32H,15-17H2,1-5H3,(H,29,33)/t19-,20+,25-/m0/s1. The summed E-state index contributed by atoms with van der Waals surface area (Å²) in [6.07, 6.45) is -0.536. The fraction of sp³-hybridized carbons (Fsp3) is 0.444. The molecule has 0 saturated carbocycles. The van der Waals surface area contributed by atoms with E-state index < -0.39 is 22.2 Å². The van der Waals surface area contributed by atoms with Gasteiger partial charge in [-0.25, -0.2) is 17.6 Å². The Kier molecular flexibility index (Phi) is 9.18. The fourth-order valence-corrected chi connectivity index (χ4v) is 5.73. The molecule has 0 aliphatic carbocycles. The average molecular weight is 532 g/mol. The highest BCUT2D eigenvalue weighted by molar-refractivity contribution is 7.89. The number of amides is 2. The molecule has 0 unspecified atom stereocenters. The van der Waals surface area contributed by atoms with Crippen LogP contribution in [0.4, 0.5) is 9.18 Å². The number of carbonyl (C=O) groups is 1. The summed E-state index contributed by atoms with van der Waals surface area (Å²) in [5.74, 6) is 5.36. The Morgan fingerprint density at radius 3 is 2.43 bits per heavy atom. The minimum absolute atomic E-state index is 0.0358. The van der Waals surface area contributed by atoms with Crippen LogP contribution in [0.5, 0.6) is 5.75 Å². The predicted octanol–water partition coefficient (Wildman–Crippen LogP) is 3.04. The third-order valence-corrected chi connectivity index (χ3v) is 8.09. The largest absolute Gasteiger partial charge is 0.487 e. The van der Waals surface area contributed by atoms with Crippen LogP contribution >= 0.6 is 0 Å². The lowest BCUT2D eigenvalue weighted by molar-refractivity contribution is 0.0809. The van der Waals surface area contributed by atoms with Gasteiger partial charge in [-0.15, -0.1) is 0 Å². The summed E-state index contributed by atoms with van der Waals surface area (Å²) in [4.78, 5) is 14.0. The highest BCUT2D eigenvalue weighted by Gasteiger charge is 2.38. The van der Waals surface area contributed by atoms with Crippen LogP contribution in [0.2, 0.25) is 0 Å². The van der Waals surface area contributed by atoms with Crippen molar-refractivity contribution in [2.24, 2.45) is 5.92 Å². The topological polar surface area (TPSA) is 99.2 Å². The average Bonchev–Trinajstić information content (AvgIpc) is 2.84. The number of carbonyl (C=O) groups excluding carboxylic acids is 1. The third kappa shape index (κ3) is 7.01. The number of rotatable bonds is 5. The van der Waals surface area contributed by atoms with Gasteiger partial charge in [-0.1, -0.05) is 18.8 Å². The van der Waals surface area contributed by atoms with Crippen LogP contribution < -0.4 is 10.1 Å². The van der Waals surface area contributed by atoms with E-state index in [-0.39, 0.29) is 54.1 Å². The molecule has 1 heterocycles. The highest BCUT2D eigenvalue weighted by atomic mass is 32.2. The Balaban J connectivity index is 2.03. The Hall–Kier alpha value is -3.13. The zero-order chi connectivity index (χ0) is 27.3. The monoisotopic (exact) mass is 531 g/mol. The molecule has 0 spiro atoms. The molecule has 0 radical (unpaired) electrons. The summed E-state index contributed by atoms with van der Waals surface area (Å²) < 4.78 is 47.9. The minimum atomic E-state index is -3.99. The van der Waals surface area contributed by atoms with Gasteiger partial charge in [0.2, 0.25) is 10.0 Å². The molecule has 1 aliphatic heterocycles. The first kappa shape index (κ1) is 28.4. The number of benzene rings is 2. The molecule has 8 nitrogen and oxygen atoms in total. The van der Waals surface area contributed by atoms with Crippen molar-refractivity contribution in [1.82, 2.24) is 14.5 Å². The van der Waals surface area contributed by atoms with Crippen molar-refractivity contribution in [1.29, 1.82) is 0 Å². The third-order valence-electron chi connectivity index (χ3n) is 6.08. The Labute approximate surface area is 218 Å². The molecule has 0 fully saturated rings. The molecular weight excluding hydrogens is 497 g/mol. The van der Waals surface area contributed by atoms with E-state index >= 15 is 0 Å². The van der Waals surface area contributed by atoms with Crippen LogP contribution in [0.15, 0.2) is 47.4 Å². The van der Waals surface area contributed by atoms with Gasteiger partial charge in [0.05, 0.1) is 13.2 Å². The molecule has 2 amide bonds. The normalized spacial score (nSPS) is 19.9. The highest BCUT2D eigenvalue weighted by Crippen LogP contribution is 2.34. The number of fused-ring (bicyclic) bond motifs is 1. The zero-order valence-electron chi connectivity index (χ0n) is 21.7. The van der Waals surface area contributed by atoms with Crippen LogP contribution in [-0.4, -0.2) is 73.7 Å². The Morgan fingerprint density at radius 1 is 1.19 bits per heavy atom. The summed E-state index contributed by atoms with van der Waals surface area (Å²) >= 11 is 0. The van der Waals surface area contributed by atoms with E-state index in [2.05, 4.69) is 17.2 Å². The molecule has 1 aliphatic rings. The Morgan fingerprint density at radius 2 is 1.81 bits per heavy atom. The quantitative estimate of drug-likeness (QED) is 0.578. The van der Waals surface area contributed by atoms with Crippen molar-refractivity contribution in [3.05, 3.63) is 59.4 Å². The maximum absolute atomic E-state index is 13.6. The molecule has 2 aromatic rings. The number of urea groups is 1. The molecule has 10 heteroatoms. The Bertz CT molecular complexity index is 1270. The molecule has 0 saturated heterocycles. The SMILES string of the molecule is CC(C)NC(=O)N(C)C[C@@H]1Oc2cc(C#Cc3ccc(F)cc3)ccc2S(=O)(=O)N([C@H](C)CO)C[C@@H]1C. The second-order valence-corrected chi connectivity index (χ2v) is 11.5. The van der Waals surface area contributed by atoms with Gasteiger partial charge in [-0.2, -0.15) is 4.31 Å². The second-order valence-electron chi connectivity index (χ2n) is 9.64. The number of aliphatic hydroxyl groups excluding tert-OH is 1. The van der Waals surface area contributed by atoms with E-state index in [9.17, 15) is 22.7 Å². The van der Waals surface area contributed by atoms with Gasteiger partial charge in [0.25, 0.3) is 0 Å². The van der Waals surface area contributed by atoms with Crippen LogP contribution in [0.25, 0.3) is 0 Å². The van der Waals surface area contributed by atoms with Crippen molar-refractivity contribution in [3.8, 4) is 17.6 Å². The number of aliphatic hydroxyl groups is 1. The number of hydrogen-bond acceptors (Lipinski definition) is 5. The van der Waals surface area contributed by atoms with Gasteiger partial charge in [0, 0.05) is 42.7 Å². The van der Waals surface area contributed by atoms with Gasteiger partial charge < -0.3 is 20.1 Å². The lowest BCUT2D eigenvalue weighted by Gasteiger charge is -2.37. The first-order valence-electron chi connectivity index (χ1n) is 12.1. The summed E-state index contributed by atoms with van der Waals surface area (Å²) in [5.41, 5.74) is 1.12. The van der Waals surface area contributed by atoms with Crippen LogP contribution in [0, 0.1) is 23.6 Å². The molecule has 0 aromatic heterocycles. The molecule has 3 rings (SSSR count). The van der Waals surface area contributed by atoms with E-state index in [0.29, 0.717) is 11.1 Å². The lowest BCUT2D eigenvalue weighted by Crippen LogP contribution is -2.51. The lowest BCUT2D eigenvalue weighted by atomic mass is 10.0. The van der Waals surface area contributed by atoms with Gasteiger partial charge >= 0.3 is 6.03 Å². The molecule has 3 atom stereocenters. The molecular formula is C27H34FN3O5S. The number of hydrogen-bond donors (Lipinski definition) is 2. The first-order chi connectivity index (χ1) is 17.4. The molecule has 37 heavy (non-hydrogen) atoms. The minimum Gasteiger partial charge on any atom is -0.487 e. The summed E-state index contributed by atoms with van der Waals surface area (Å²) in [7, 11) is -2.34. The summed E-state index contributed by atoms with van der Waals surface area (Å²) in [6, 6.07) is 9.37. The van der Waals surface area contributed by atoms with Crippen LogP contribution in [-0.2, 0) is 10.0 Å². The maximum Gasteiger partial charge on any atom is 0.317 e. The van der Waals surface area contributed by atoms with Crippen molar-refractivity contribution in [2.45, 2.75) is 50.8 Å². The fourth-order valence-electron chi connectivity index (χ4n) is 3.91. The smallest absolute Gasteiger partial charge is 0.317 e. The van der Waals surface area contributed by atoms with Crippen molar-refractivity contribution in [3.63, 3.8) is 0 Å². The van der Waals surface area contributed by atoms with Crippen molar-refractivity contribution in [2.75, 3.05) is 26.7 Å². The number of ether oxygens (including phenoxy) is 1. The first-order valence-corrected chi connectivity index (χ1v) is 13.6. The van der Waals surface area contributed by atoms with Crippen molar-refractivity contribution >= 4 is 16.1 Å². The summed E-state index contributed by atoms with van der Waals surface area (Å²) in [5, 5.41) is 12.6. The maximum atomic E-state index is 13.6. The second kappa shape index (κ2) is 11.9. The van der Waals surface area contributed by atoms with Gasteiger partial charge in [0.15, 0.2) is 0 Å². The number of likely N-dealkylation sites (N-methyl/N-ethyl adjacent to an activating group) is 1. The molecule has 2 N–H and O–H groups in total. The van der Waals surface area contributed by atoms with Crippen LogP contribution in [0.1, 0.15) is 38.8 Å². The molecule has 2 aromatic carbocycles. The zero-order valence-corrected chi connectivity index (χ0v) is 22.5. The predicted molar refractivity (Wildman–Crippen MR) is 139 cm³/mol. The van der Waals surface area contributed by atoms with E-state index in [0.717, 1.165) is 0 Å². The number of sulfonamides is 1. The van der Waals surface area contributed by atoms with E-state index in [1.54, 1.807) is 38.2 Å². The number of nitrogens with zero attached hydrogens (tertiary/aromatic N) is 2. The van der Waals surface area contributed by atoms with E-state index in [4.69, 9.17) is 4.74 Å². The van der Waals surface area contributed by atoms with Gasteiger partial charge in [-0.3, -0.25) is 0 Å². The number of halogens is 1. The molecule has 200 valence electrons.